The molecule has 0 aromatic carbocycles. The lowest BCUT2D eigenvalue weighted by Gasteiger charge is -2.25. The molecule has 2 fully saturated rings. The molecule has 0 aliphatic heterocycles. The molecular formula is C24H32O4S. The normalized spacial score (nSPS) is 19.9. The smallest absolute Gasteiger partial charge is 0.343 e. The van der Waals surface area contributed by atoms with Gasteiger partial charge >= 0.3 is 5.63 Å². The number of hydrogen-bond acceptors (Lipinski definition) is 5. The van der Waals surface area contributed by atoms with E-state index >= 15 is 0 Å². The van der Waals surface area contributed by atoms with Crippen LogP contribution in [0, 0.1) is 11.8 Å². The summed E-state index contributed by atoms with van der Waals surface area (Å²) in [4.78, 5) is 14.9. The maximum atomic E-state index is 13.0. The van der Waals surface area contributed by atoms with Crippen molar-refractivity contribution >= 4 is 11.3 Å². The molecule has 2 aromatic rings. The zero-order valence-corrected chi connectivity index (χ0v) is 18.0. The summed E-state index contributed by atoms with van der Waals surface area (Å²) < 4.78 is 5.84. The van der Waals surface area contributed by atoms with Crippen molar-refractivity contribution < 1.29 is 14.6 Å². The summed E-state index contributed by atoms with van der Waals surface area (Å²) in [5, 5.41) is 20.3. The number of thiophene rings is 1. The second-order valence-electron chi connectivity index (χ2n) is 8.86. The molecule has 2 unspecified atom stereocenters. The number of aliphatic hydroxyl groups is 1. The molecule has 4 rings (SSSR count). The number of rotatable bonds is 8. The van der Waals surface area contributed by atoms with Gasteiger partial charge in [0.15, 0.2) is 0 Å². The fourth-order valence-corrected chi connectivity index (χ4v) is 6.07. The zero-order valence-electron chi connectivity index (χ0n) is 17.2. The third-order valence-electron chi connectivity index (χ3n) is 6.77. The van der Waals surface area contributed by atoms with E-state index in [4.69, 9.17) is 4.42 Å². The topological polar surface area (TPSA) is 70.7 Å². The molecule has 2 aromatic heterocycles. The fourth-order valence-electron chi connectivity index (χ4n) is 4.99. The highest BCUT2D eigenvalue weighted by molar-refractivity contribution is 7.12. The Hall–Kier alpha value is -1.59. The van der Waals surface area contributed by atoms with E-state index in [9.17, 15) is 15.0 Å². The number of hydrogen-bond donors (Lipinski definition) is 2. The van der Waals surface area contributed by atoms with Crippen molar-refractivity contribution in [2.24, 2.45) is 11.8 Å². The third-order valence-corrected chi connectivity index (χ3v) is 7.93. The molecule has 4 nitrogen and oxygen atoms in total. The van der Waals surface area contributed by atoms with E-state index < -0.39 is 5.63 Å². The lowest BCUT2D eigenvalue weighted by molar-refractivity contribution is 0.285. The van der Waals surface area contributed by atoms with Crippen LogP contribution in [0.25, 0.3) is 0 Å². The van der Waals surface area contributed by atoms with Crippen LogP contribution in [-0.4, -0.2) is 10.2 Å². The van der Waals surface area contributed by atoms with Crippen molar-refractivity contribution in [3.05, 3.63) is 49.7 Å². The minimum Gasteiger partial charge on any atom is -0.507 e. The molecule has 29 heavy (non-hydrogen) atoms. The summed E-state index contributed by atoms with van der Waals surface area (Å²) >= 11 is 1.52. The summed E-state index contributed by atoms with van der Waals surface area (Å²) in [5.74, 6) is 1.83. The van der Waals surface area contributed by atoms with Gasteiger partial charge in [0.05, 0.1) is 12.2 Å². The molecule has 2 aliphatic carbocycles. The quantitative estimate of drug-likeness (QED) is 0.561. The Morgan fingerprint density at radius 2 is 1.93 bits per heavy atom. The first-order chi connectivity index (χ1) is 14.1. The largest absolute Gasteiger partial charge is 0.507 e. The molecule has 0 amide bonds. The van der Waals surface area contributed by atoms with E-state index in [1.165, 1.54) is 43.4 Å². The second-order valence-corrected chi connectivity index (χ2v) is 10.1. The van der Waals surface area contributed by atoms with Gasteiger partial charge in [-0.15, -0.1) is 11.3 Å². The third kappa shape index (κ3) is 4.61. The average Bonchev–Trinajstić information content (AvgIpc) is 3.45. The van der Waals surface area contributed by atoms with Crippen LogP contribution in [0.4, 0.5) is 0 Å². The van der Waals surface area contributed by atoms with Crippen molar-refractivity contribution in [2.45, 2.75) is 83.2 Å². The Balaban J connectivity index is 1.62. The molecule has 2 atom stereocenters. The van der Waals surface area contributed by atoms with Crippen molar-refractivity contribution in [2.75, 3.05) is 0 Å². The lowest BCUT2D eigenvalue weighted by Crippen LogP contribution is -2.18. The highest BCUT2D eigenvalue weighted by Crippen LogP contribution is 2.49. The van der Waals surface area contributed by atoms with E-state index in [-0.39, 0.29) is 24.2 Å². The van der Waals surface area contributed by atoms with E-state index in [0.29, 0.717) is 23.2 Å². The van der Waals surface area contributed by atoms with Crippen LogP contribution in [0.3, 0.4) is 0 Å². The van der Waals surface area contributed by atoms with E-state index in [1.54, 1.807) is 6.07 Å². The molecule has 5 heteroatoms. The van der Waals surface area contributed by atoms with Gasteiger partial charge < -0.3 is 14.6 Å². The van der Waals surface area contributed by atoms with Gasteiger partial charge in [0.2, 0.25) is 0 Å². The average molecular weight is 417 g/mol. The maximum absolute atomic E-state index is 13.0. The van der Waals surface area contributed by atoms with Crippen LogP contribution >= 0.6 is 11.3 Å². The molecule has 0 radical (unpaired) electrons. The van der Waals surface area contributed by atoms with Gasteiger partial charge in [-0.3, -0.25) is 0 Å². The van der Waals surface area contributed by atoms with Crippen LogP contribution in [0.15, 0.2) is 27.4 Å². The Kier molecular flexibility index (Phi) is 6.45. The predicted molar refractivity (Wildman–Crippen MR) is 116 cm³/mol. The van der Waals surface area contributed by atoms with Crippen molar-refractivity contribution in [1.29, 1.82) is 0 Å². The molecular weight excluding hydrogens is 384 g/mol. The Labute approximate surface area is 176 Å². The Bertz CT molecular complexity index is 873. The SMILES string of the molecule is CCC(CC1CCCCC1)c1cc(O)c(C(c2ccc(CO)s2)C2CC2)c(=O)o1. The second kappa shape index (κ2) is 9.05. The first-order valence-electron chi connectivity index (χ1n) is 11.2. The summed E-state index contributed by atoms with van der Waals surface area (Å²) in [6.45, 7) is 2.13. The van der Waals surface area contributed by atoms with E-state index in [1.807, 2.05) is 12.1 Å². The zero-order chi connectivity index (χ0) is 20.4. The molecule has 0 spiro atoms. The predicted octanol–water partition coefficient (Wildman–Crippen LogP) is 5.91. The summed E-state index contributed by atoms with van der Waals surface area (Å²) in [6.07, 6.45) is 10.5. The van der Waals surface area contributed by atoms with E-state index in [2.05, 4.69) is 6.92 Å². The van der Waals surface area contributed by atoms with Crippen LogP contribution in [0.2, 0.25) is 0 Å². The van der Waals surface area contributed by atoms with Crippen LogP contribution in [-0.2, 0) is 6.61 Å². The fraction of sp³-hybridized carbons (Fsp3) is 0.625. The highest BCUT2D eigenvalue weighted by Gasteiger charge is 2.38. The van der Waals surface area contributed by atoms with E-state index in [0.717, 1.165) is 35.4 Å². The molecule has 158 valence electrons. The first-order valence-corrected chi connectivity index (χ1v) is 12.0. The van der Waals surface area contributed by atoms with Gasteiger partial charge in [-0.2, -0.15) is 0 Å². The molecule has 0 bridgehead atoms. The lowest BCUT2D eigenvalue weighted by atomic mass is 9.81. The van der Waals surface area contributed by atoms with Crippen molar-refractivity contribution in [3.63, 3.8) is 0 Å². The summed E-state index contributed by atoms with van der Waals surface area (Å²) in [5.41, 5.74) is 0.00746. The first kappa shape index (κ1) is 20.7. The minimum absolute atomic E-state index is 0.000920. The molecule has 2 heterocycles. The van der Waals surface area contributed by atoms with Crippen LogP contribution in [0.5, 0.6) is 5.75 Å². The minimum atomic E-state index is -0.391. The molecule has 2 saturated carbocycles. The van der Waals surface area contributed by atoms with Gasteiger partial charge in [-0.05, 0) is 49.7 Å². The molecule has 2 N–H and O–H groups in total. The monoisotopic (exact) mass is 416 g/mol. The number of aromatic hydroxyl groups is 1. The van der Waals surface area contributed by atoms with Gasteiger partial charge in [-0.1, -0.05) is 39.0 Å². The highest BCUT2D eigenvalue weighted by atomic mass is 32.1. The van der Waals surface area contributed by atoms with Crippen LogP contribution in [0.1, 0.15) is 97.6 Å². The number of aliphatic hydroxyl groups excluding tert-OH is 1. The Morgan fingerprint density at radius 3 is 2.52 bits per heavy atom. The standard InChI is InChI=1S/C24H32O4S/c1-2-16(12-15-6-4-3-5-7-15)20-13-19(26)23(24(27)28-20)22(17-8-9-17)21-11-10-18(14-25)29-21/h10-11,13,15-17,22,25-26H,2-9,12,14H2,1H3. The van der Waals surface area contributed by atoms with Gasteiger partial charge in [0.25, 0.3) is 0 Å². The van der Waals surface area contributed by atoms with Crippen LogP contribution < -0.4 is 5.63 Å². The van der Waals surface area contributed by atoms with Crippen molar-refractivity contribution in [3.8, 4) is 5.75 Å². The summed E-state index contributed by atoms with van der Waals surface area (Å²) in [7, 11) is 0. The van der Waals surface area contributed by atoms with Crippen molar-refractivity contribution in [1.82, 2.24) is 0 Å². The van der Waals surface area contributed by atoms with Gasteiger partial charge in [-0.25, -0.2) is 4.79 Å². The van der Waals surface area contributed by atoms with Gasteiger partial charge in [0.1, 0.15) is 11.5 Å². The maximum Gasteiger partial charge on any atom is 0.343 e. The molecule has 2 aliphatic rings. The van der Waals surface area contributed by atoms with Gasteiger partial charge in [0, 0.05) is 27.7 Å². The molecule has 0 saturated heterocycles. The Morgan fingerprint density at radius 1 is 1.17 bits per heavy atom. The summed E-state index contributed by atoms with van der Waals surface area (Å²) in [6, 6.07) is 5.59.